The molecule has 0 N–H and O–H groups in total. The Labute approximate surface area is 86.1 Å². The van der Waals surface area contributed by atoms with Crippen LogP contribution in [0.1, 0.15) is 44.6 Å². The molecule has 2 aliphatic carbocycles. The number of nitrogens with zero attached hydrogens (tertiary/aromatic N) is 1. The van der Waals surface area contributed by atoms with E-state index in [0.717, 1.165) is 17.9 Å². The maximum absolute atomic E-state index is 2.45. The standard InChI is InChI=1S/C13H19N/c1-2-6-12-11(5-1)7-8-13(12)14-9-3-4-10-14/h3-4,9-13H,1-2,5-8H2. The van der Waals surface area contributed by atoms with Gasteiger partial charge >= 0.3 is 0 Å². The van der Waals surface area contributed by atoms with Gasteiger partial charge in [-0.3, -0.25) is 0 Å². The predicted octanol–water partition coefficient (Wildman–Crippen LogP) is 3.63. The molecular formula is C13H19N. The molecule has 1 aromatic heterocycles. The summed E-state index contributed by atoms with van der Waals surface area (Å²) in [5, 5.41) is 0. The van der Waals surface area contributed by atoms with E-state index >= 15 is 0 Å². The molecule has 0 spiro atoms. The highest BCUT2D eigenvalue weighted by molar-refractivity contribution is 4.98. The predicted molar refractivity (Wildman–Crippen MR) is 58.2 cm³/mol. The van der Waals surface area contributed by atoms with Gasteiger partial charge in [0, 0.05) is 18.4 Å². The quantitative estimate of drug-likeness (QED) is 0.635. The number of hydrogen-bond donors (Lipinski definition) is 0. The molecule has 3 unspecified atom stereocenters. The van der Waals surface area contributed by atoms with Gasteiger partial charge in [0.2, 0.25) is 0 Å². The average molecular weight is 189 g/mol. The molecule has 1 nitrogen and oxygen atoms in total. The van der Waals surface area contributed by atoms with E-state index in [4.69, 9.17) is 0 Å². The largest absolute Gasteiger partial charge is 0.351 e. The van der Waals surface area contributed by atoms with Gasteiger partial charge in [-0.2, -0.15) is 0 Å². The van der Waals surface area contributed by atoms with Crippen molar-refractivity contribution in [1.29, 1.82) is 0 Å². The van der Waals surface area contributed by atoms with Crippen LogP contribution in [0.15, 0.2) is 24.5 Å². The van der Waals surface area contributed by atoms with Crippen molar-refractivity contribution in [1.82, 2.24) is 4.57 Å². The Morgan fingerprint density at radius 2 is 1.64 bits per heavy atom. The first-order chi connectivity index (χ1) is 6.95. The van der Waals surface area contributed by atoms with Crippen LogP contribution in [0, 0.1) is 11.8 Å². The highest BCUT2D eigenvalue weighted by atomic mass is 15.0. The Morgan fingerprint density at radius 3 is 2.50 bits per heavy atom. The van der Waals surface area contributed by atoms with Crippen molar-refractivity contribution in [3.8, 4) is 0 Å². The normalized spacial score (nSPS) is 37.0. The zero-order chi connectivity index (χ0) is 9.38. The van der Waals surface area contributed by atoms with Gasteiger partial charge in [-0.25, -0.2) is 0 Å². The topological polar surface area (TPSA) is 4.93 Å². The first-order valence-electron chi connectivity index (χ1n) is 6.07. The van der Waals surface area contributed by atoms with Gasteiger partial charge in [-0.15, -0.1) is 0 Å². The third kappa shape index (κ3) is 1.30. The second kappa shape index (κ2) is 3.45. The summed E-state index contributed by atoms with van der Waals surface area (Å²) >= 11 is 0. The molecule has 0 aromatic carbocycles. The first-order valence-corrected chi connectivity index (χ1v) is 6.07. The van der Waals surface area contributed by atoms with Crippen molar-refractivity contribution in [2.75, 3.05) is 0 Å². The maximum Gasteiger partial charge on any atom is 0.0361 e. The minimum absolute atomic E-state index is 0.829. The fraction of sp³-hybridized carbons (Fsp3) is 0.692. The van der Waals surface area contributed by atoms with Crippen LogP contribution in [0.5, 0.6) is 0 Å². The van der Waals surface area contributed by atoms with Gasteiger partial charge in [0.25, 0.3) is 0 Å². The zero-order valence-electron chi connectivity index (χ0n) is 8.73. The van der Waals surface area contributed by atoms with Crippen LogP contribution >= 0.6 is 0 Å². The minimum atomic E-state index is 0.829. The molecule has 2 fully saturated rings. The number of fused-ring (bicyclic) bond motifs is 1. The molecule has 0 aliphatic heterocycles. The van der Waals surface area contributed by atoms with E-state index in [1.807, 2.05) is 0 Å². The fourth-order valence-electron chi connectivity index (χ4n) is 3.64. The summed E-state index contributed by atoms with van der Waals surface area (Å²) in [6, 6.07) is 5.15. The van der Waals surface area contributed by atoms with E-state index in [1.54, 1.807) is 0 Å². The van der Waals surface area contributed by atoms with Crippen molar-refractivity contribution >= 4 is 0 Å². The Bertz CT molecular complexity index is 288. The highest BCUT2D eigenvalue weighted by Gasteiger charge is 2.37. The van der Waals surface area contributed by atoms with Crippen LogP contribution in [0.4, 0.5) is 0 Å². The molecule has 1 heterocycles. The molecule has 1 aromatic rings. The van der Waals surface area contributed by atoms with E-state index in [0.29, 0.717) is 0 Å². The number of hydrogen-bond acceptors (Lipinski definition) is 0. The Balaban J connectivity index is 1.82. The van der Waals surface area contributed by atoms with Crippen LogP contribution in [-0.2, 0) is 0 Å². The molecule has 1 heteroatoms. The molecular weight excluding hydrogens is 170 g/mol. The number of rotatable bonds is 1. The second-order valence-electron chi connectivity index (χ2n) is 4.98. The van der Waals surface area contributed by atoms with Crippen molar-refractivity contribution < 1.29 is 0 Å². The maximum atomic E-state index is 2.45. The van der Waals surface area contributed by atoms with E-state index in [2.05, 4.69) is 29.1 Å². The molecule has 0 saturated heterocycles. The lowest BCUT2D eigenvalue weighted by Gasteiger charge is -2.29. The molecule has 0 amide bonds. The van der Waals surface area contributed by atoms with E-state index in [9.17, 15) is 0 Å². The summed E-state index contributed by atoms with van der Waals surface area (Å²) in [6.07, 6.45) is 13.3. The van der Waals surface area contributed by atoms with E-state index < -0.39 is 0 Å². The van der Waals surface area contributed by atoms with Crippen molar-refractivity contribution in [2.45, 2.75) is 44.6 Å². The third-order valence-electron chi connectivity index (χ3n) is 4.31. The van der Waals surface area contributed by atoms with Crippen LogP contribution < -0.4 is 0 Å². The lowest BCUT2D eigenvalue weighted by molar-refractivity contribution is 0.229. The van der Waals surface area contributed by atoms with Crippen LogP contribution in [-0.4, -0.2) is 4.57 Å². The number of aromatic nitrogens is 1. The SMILES string of the molecule is c1ccn(C2CCC3CCCCC32)c1. The lowest BCUT2D eigenvalue weighted by atomic mass is 9.80. The summed E-state index contributed by atoms with van der Waals surface area (Å²) in [7, 11) is 0. The molecule has 14 heavy (non-hydrogen) atoms. The Morgan fingerprint density at radius 1 is 0.857 bits per heavy atom. The van der Waals surface area contributed by atoms with Gasteiger partial charge in [0.15, 0.2) is 0 Å². The minimum Gasteiger partial charge on any atom is -0.351 e. The van der Waals surface area contributed by atoms with Gasteiger partial charge in [-0.05, 0) is 43.2 Å². The van der Waals surface area contributed by atoms with E-state index in [-0.39, 0.29) is 0 Å². The Hall–Kier alpha value is -0.720. The molecule has 0 radical (unpaired) electrons. The first kappa shape index (κ1) is 8.58. The summed E-state index contributed by atoms with van der Waals surface area (Å²) in [6.45, 7) is 0. The van der Waals surface area contributed by atoms with Gasteiger partial charge < -0.3 is 4.57 Å². The second-order valence-corrected chi connectivity index (χ2v) is 4.98. The summed E-state index contributed by atoms with van der Waals surface area (Å²) in [5.41, 5.74) is 0. The van der Waals surface area contributed by atoms with Gasteiger partial charge in [0.05, 0.1) is 0 Å². The lowest BCUT2D eigenvalue weighted by Crippen LogP contribution is -2.20. The molecule has 0 bridgehead atoms. The molecule has 3 rings (SSSR count). The Kier molecular flexibility index (Phi) is 2.11. The highest BCUT2D eigenvalue weighted by Crippen LogP contribution is 2.48. The van der Waals surface area contributed by atoms with Crippen LogP contribution in [0.25, 0.3) is 0 Å². The summed E-state index contributed by atoms with van der Waals surface area (Å²) < 4.78 is 2.45. The summed E-state index contributed by atoms with van der Waals surface area (Å²) in [4.78, 5) is 0. The zero-order valence-corrected chi connectivity index (χ0v) is 8.73. The van der Waals surface area contributed by atoms with Crippen LogP contribution in [0.2, 0.25) is 0 Å². The van der Waals surface area contributed by atoms with E-state index in [1.165, 1.54) is 38.5 Å². The molecule has 76 valence electrons. The smallest absolute Gasteiger partial charge is 0.0361 e. The van der Waals surface area contributed by atoms with Crippen molar-refractivity contribution in [3.63, 3.8) is 0 Å². The molecule has 3 atom stereocenters. The van der Waals surface area contributed by atoms with Crippen LogP contribution in [0.3, 0.4) is 0 Å². The molecule has 2 saturated carbocycles. The fourth-order valence-corrected chi connectivity index (χ4v) is 3.64. The van der Waals surface area contributed by atoms with Crippen molar-refractivity contribution in [3.05, 3.63) is 24.5 Å². The monoisotopic (exact) mass is 189 g/mol. The van der Waals surface area contributed by atoms with Gasteiger partial charge in [0.1, 0.15) is 0 Å². The van der Waals surface area contributed by atoms with Crippen molar-refractivity contribution in [2.24, 2.45) is 11.8 Å². The van der Waals surface area contributed by atoms with Gasteiger partial charge in [-0.1, -0.05) is 19.3 Å². The third-order valence-corrected chi connectivity index (χ3v) is 4.31. The molecule has 2 aliphatic rings. The average Bonchev–Trinajstić information content (AvgIpc) is 2.85. The summed E-state index contributed by atoms with van der Waals surface area (Å²) in [5.74, 6) is 2.05.